The lowest BCUT2D eigenvalue weighted by Gasteiger charge is -2.27. The SMILES string of the molecule is CC(=O)N(C)CCCn1cc(CN(C(=O)OC(C)(C)C)C2CC2)c2ccccc21. The molecule has 1 aliphatic rings. The first-order valence-electron chi connectivity index (χ1n) is 10.4. The predicted octanol–water partition coefficient (Wildman–Crippen LogP) is 4.41. The molecule has 2 amide bonds. The molecule has 0 saturated heterocycles. The van der Waals surface area contributed by atoms with Gasteiger partial charge in [0, 0.05) is 50.2 Å². The second kappa shape index (κ2) is 8.47. The van der Waals surface area contributed by atoms with Crippen LogP contribution in [0.15, 0.2) is 30.5 Å². The predicted molar refractivity (Wildman–Crippen MR) is 115 cm³/mol. The highest BCUT2D eigenvalue weighted by molar-refractivity contribution is 5.84. The number of nitrogens with zero attached hydrogens (tertiary/aromatic N) is 3. The number of rotatable bonds is 7. The van der Waals surface area contributed by atoms with Crippen LogP contribution in [0.2, 0.25) is 0 Å². The van der Waals surface area contributed by atoms with Crippen molar-refractivity contribution in [1.29, 1.82) is 0 Å². The third-order valence-electron chi connectivity index (χ3n) is 5.26. The summed E-state index contributed by atoms with van der Waals surface area (Å²) >= 11 is 0. The number of carbonyl (C=O) groups excluding carboxylic acids is 2. The molecule has 1 aromatic carbocycles. The molecule has 0 N–H and O–H groups in total. The molecule has 1 saturated carbocycles. The summed E-state index contributed by atoms with van der Waals surface area (Å²) in [7, 11) is 1.83. The van der Waals surface area contributed by atoms with Crippen LogP contribution in [0.5, 0.6) is 0 Å². The number of para-hydroxylation sites is 1. The summed E-state index contributed by atoms with van der Waals surface area (Å²) in [6.07, 6.45) is 4.87. The number of aryl methyl sites for hydroxylation is 1. The van der Waals surface area contributed by atoms with Gasteiger partial charge in [-0.2, -0.15) is 0 Å². The van der Waals surface area contributed by atoms with Crippen LogP contribution in [0.1, 0.15) is 52.5 Å². The average molecular weight is 400 g/mol. The Kier molecular flexibility index (Phi) is 6.20. The summed E-state index contributed by atoms with van der Waals surface area (Å²) in [6.45, 7) is 9.41. The highest BCUT2D eigenvalue weighted by Crippen LogP contribution is 2.32. The lowest BCUT2D eigenvalue weighted by atomic mass is 10.1. The van der Waals surface area contributed by atoms with E-state index in [1.54, 1.807) is 11.8 Å². The van der Waals surface area contributed by atoms with E-state index >= 15 is 0 Å². The van der Waals surface area contributed by atoms with Crippen LogP contribution in [-0.4, -0.2) is 51.6 Å². The van der Waals surface area contributed by atoms with Crippen molar-refractivity contribution >= 4 is 22.9 Å². The fourth-order valence-corrected chi connectivity index (χ4v) is 3.50. The Morgan fingerprint density at radius 2 is 1.90 bits per heavy atom. The minimum atomic E-state index is -0.499. The number of amides is 2. The number of ether oxygens (including phenoxy) is 1. The maximum absolute atomic E-state index is 12.8. The van der Waals surface area contributed by atoms with Gasteiger partial charge in [0.1, 0.15) is 5.60 Å². The number of hydrogen-bond donors (Lipinski definition) is 0. The molecule has 1 fully saturated rings. The summed E-state index contributed by atoms with van der Waals surface area (Å²) in [5.74, 6) is 0.0838. The third kappa shape index (κ3) is 5.52. The van der Waals surface area contributed by atoms with E-state index in [4.69, 9.17) is 4.74 Å². The molecule has 0 spiro atoms. The highest BCUT2D eigenvalue weighted by atomic mass is 16.6. The molecule has 29 heavy (non-hydrogen) atoms. The van der Waals surface area contributed by atoms with Crippen molar-refractivity contribution in [1.82, 2.24) is 14.4 Å². The van der Waals surface area contributed by atoms with Crippen molar-refractivity contribution in [3.63, 3.8) is 0 Å². The molecule has 6 nitrogen and oxygen atoms in total. The monoisotopic (exact) mass is 399 g/mol. The van der Waals surface area contributed by atoms with Crippen molar-refractivity contribution in [2.45, 2.75) is 71.7 Å². The largest absolute Gasteiger partial charge is 0.444 e. The van der Waals surface area contributed by atoms with Crippen LogP contribution in [0.25, 0.3) is 10.9 Å². The first-order valence-corrected chi connectivity index (χ1v) is 10.4. The Hall–Kier alpha value is -2.50. The third-order valence-corrected chi connectivity index (χ3v) is 5.26. The van der Waals surface area contributed by atoms with Crippen LogP contribution in [-0.2, 0) is 22.6 Å². The maximum Gasteiger partial charge on any atom is 0.410 e. The fraction of sp³-hybridized carbons (Fsp3) is 0.565. The van der Waals surface area contributed by atoms with Crippen LogP contribution in [0.3, 0.4) is 0 Å². The summed E-state index contributed by atoms with van der Waals surface area (Å²) in [6, 6.07) is 8.58. The van der Waals surface area contributed by atoms with Crippen LogP contribution in [0, 0.1) is 0 Å². The minimum absolute atomic E-state index is 0.0838. The van der Waals surface area contributed by atoms with Gasteiger partial charge >= 0.3 is 6.09 Å². The molecule has 0 aliphatic heterocycles. The lowest BCUT2D eigenvalue weighted by Crippen LogP contribution is -2.37. The Labute approximate surface area is 173 Å². The first-order chi connectivity index (χ1) is 13.7. The topological polar surface area (TPSA) is 54.8 Å². The summed E-state index contributed by atoms with van der Waals surface area (Å²) in [5.41, 5.74) is 1.80. The molecule has 158 valence electrons. The van der Waals surface area contributed by atoms with E-state index in [0.717, 1.165) is 43.4 Å². The van der Waals surface area contributed by atoms with E-state index in [-0.39, 0.29) is 18.0 Å². The van der Waals surface area contributed by atoms with E-state index in [2.05, 4.69) is 22.9 Å². The zero-order valence-corrected chi connectivity index (χ0v) is 18.3. The Bertz CT molecular complexity index is 877. The lowest BCUT2D eigenvalue weighted by molar-refractivity contribution is -0.127. The molecule has 2 aromatic rings. The van der Waals surface area contributed by atoms with Gasteiger partial charge in [0.25, 0.3) is 0 Å². The van der Waals surface area contributed by atoms with Crippen molar-refractivity contribution < 1.29 is 14.3 Å². The maximum atomic E-state index is 12.8. The van der Waals surface area contributed by atoms with E-state index in [1.165, 1.54) is 5.39 Å². The smallest absolute Gasteiger partial charge is 0.410 e. The van der Waals surface area contributed by atoms with Crippen molar-refractivity contribution in [2.75, 3.05) is 13.6 Å². The van der Waals surface area contributed by atoms with Crippen LogP contribution < -0.4 is 0 Å². The van der Waals surface area contributed by atoms with Gasteiger partial charge in [0.2, 0.25) is 5.91 Å². The van der Waals surface area contributed by atoms with Gasteiger partial charge < -0.3 is 19.1 Å². The molecule has 6 heteroatoms. The molecule has 0 atom stereocenters. The van der Waals surface area contributed by atoms with Crippen molar-refractivity contribution in [3.8, 4) is 0 Å². The van der Waals surface area contributed by atoms with Crippen molar-refractivity contribution in [2.24, 2.45) is 0 Å². The minimum Gasteiger partial charge on any atom is -0.444 e. The molecule has 0 bridgehead atoms. The molecule has 0 radical (unpaired) electrons. The molecule has 1 aromatic heterocycles. The Morgan fingerprint density at radius 3 is 2.52 bits per heavy atom. The van der Waals surface area contributed by atoms with Gasteiger partial charge in [-0.15, -0.1) is 0 Å². The normalized spacial score (nSPS) is 14.1. The van der Waals surface area contributed by atoms with E-state index < -0.39 is 5.60 Å². The van der Waals surface area contributed by atoms with Gasteiger partial charge in [-0.3, -0.25) is 4.79 Å². The van der Waals surface area contributed by atoms with Gasteiger partial charge in [-0.05, 0) is 51.7 Å². The number of benzene rings is 1. The molecular formula is C23H33N3O3. The summed E-state index contributed by atoms with van der Waals surface area (Å²) < 4.78 is 7.88. The highest BCUT2D eigenvalue weighted by Gasteiger charge is 2.35. The summed E-state index contributed by atoms with van der Waals surface area (Å²) in [4.78, 5) is 27.8. The quantitative estimate of drug-likeness (QED) is 0.693. The van der Waals surface area contributed by atoms with E-state index in [0.29, 0.717) is 6.54 Å². The Morgan fingerprint density at radius 1 is 1.21 bits per heavy atom. The Balaban J connectivity index is 1.78. The molecule has 0 unspecified atom stereocenters. The molecular weight excluding hydrogens is 366 g/mol. The first kappa shape index (κ1) is 21.2. The number of hydrogen-bond acceptors (Lipinski definition) is 3. The number of fused-ring (bicyclic) bond motifs is 1. The number of carbonyl (C=O) groups is 2. The average Bonchev–Trinajstić information content (AvgIpc) is 3.41. The van der Waals surface area contributed by atoms with Gasteiger partial charge in [-0.1, -0.05) is 18.2 Å². The van der Waals surface area contributed by atoms with Gasteiger partial charge in [0.15, 0.2) is 0 Å². The summed E-state index contributed by atoms with van der Waals surface area (Å²) in [5, 5.41) is 1.17. The zero-order chi connectivity index (χ0) is 21.2. The fourth-order valence-electron chi connectivity index (χ4n) is 3.50. The van der Waals surface area contributed by atoms with E-state index in [1.807, 2.05) is 44.9 Å². The molecule has 1 aliphatic carbocycles. The van der Waals surface area contributed by atoms with Crippen LogP contribution >= 0.6 is 0 Å². The van der Waals surface area contributed by atoms with Gasteiger partial charge in [0.05, 0.1) is 6.54 Å². The van der Waals surface area contributed by atoms with E-state index in [9.17, 15) is 9.59 Å². The van der Waals surface area contributed by atoms with Crippen LogP contribution in [0.4, 0.5) is 4.79 Å². The molecule has 1 heterocycles. The second-order valence-corrected chi connectivity index (χ2v) is 9.00. The van der Waals surface area contributed by atoms with Gasteiger partial charge in [-0.25, -0.2) is 4.79 Å². The molecule has 3 rings (SSSR count). The standard InChI is InChI=1S/C23H33N3O3/c1-17(27)24(5)13-8-14-25-15-18(20-9-6-7-10-21(20)25)16-26(19-11-12-19)22(28)29-23(2,3)4/h6-7,9-10,15,19H,8,11-14,16H2,1-5H3. The second-order valence-electron chi connectivity index (χ2n) is 9.00. The zero-order valence-electron chi connectivity index (χ0n) is 18.3. The van der Waals surface area contributed by atoms with Crippen molar-refractivity contribution in [3.05, 3.63) is 36.0 Å². The number of aromatic nitrogens is 1.